The number of nitrogens with zero attached hydrogens (tertiary/aromatic N) is 1. The second-order valence-electron chi connectivity index (χ2n) is 4.54. The fourth-order valence-corrected chi connectivity index (χ4v) is 2.25. The van der Waals surface area contributed by atoms with Gasteiger partial charge in [-0.1, -0.05) is 0 Å². The number of alkyl halides is 1. The normalized spacial score (nSPS) is 27.7. The third-order valence-corrected chi connectivity index (χ3v) is 3.49. The molecule has 112 valence electrons. The van der Waals surface area contributed by atoms with Gasteiger partial charge < -0.3 is 20.1 Å². The van der Waals surface area contributed by atoms with E-state index < -0.39 is 35.8 Å². The molecule has 0 radical (unpaired) electrons. The Morgan fingerprint density at radius 2 is 2.25 bits per heavy atom. The summed E-state index contributed by atoms with van der Waals surface area (Å²) in [6, 6.07) is 0. The first-order valence-electron chi connectivity index (χ1n) is 6.01. The Hall–Kier alpha value is -1.19. The van der Waals surface area contributed by atoms with Crippen molar-refractivity contribution in [2.45, 2.75) is 31.0 Å². The van der Waals surface area contributed by atoms with Crippen LogP contribution in [0.3, 0.4) is 0 Å². The summed E-state index contributed by atoms with van der Waals surface area (Å²) in [5, 5.41) is 28.3. The minimum Gasteiger partial charge on any atom is -0.394 e. The van der Waals surface area contributed by atoms with Crippen LogP contribution in [-0.4, -0.2) is 49.6 Å². The zero-order chi connectivity index (χ0) is 14.9. The molecule has 0 amide bonds. The van der Waals surface area contributed by atoms with Gasteiger partial charge in [-0.3, -0.25) is 14.3 Å². The van der Waals surface area contributed by atoms with Gasteiger partial charge in [0.2, 0.25) is 0 Å². The molecule has 1 fully saturated rings. The number of halogens is 1. The maximum Gasteiger partial charge on any atom is 0.330 e. The molecule has 8 nitrogen and oxygen atoms in total. The van der Waals surface area contributed by atoms with Crippen molar-refractivity contribution in [3.63, 3.8) is 0 Å². The molecule has 1 aliphatic rings. The standard InChI is InChI=1S/C11H15ClN2O6/c12-2-7(17)5-3-14(11(19)13-10(5)18)9-1-6(16)8(4-15)20-9/h3,6-9,15-17H,1-2,4H2,(H,13,18,19)/t6-,7+,8+,9+/m0/s1. The Bertz CT molecular complexity index is 585. The molecule has 4 atom stereocenters. The minimum absolute atomic E-state index is 0.0647. The van der Waals surface area contributed by atoms with Crippen LogP contribution in [0, 0.1) is 0 Å². The Labute approximate surface area is 118 Å². The molecule has 0 aliphatic carbocycles. The van der Waals surface area contributed by atoms with Crippen molar-refractivity contribution in [2.75, 3.05) is 12.5 Å². The molecule has 1 aromatic rings. The molecule has 0 saturated carbocycles. The summed E-state index contributed by atoms with van der Waals surface area (Å²) < 4.78 is 6.39. The van der Waals surface area contributed by atoms with Gasteiger partial charge >= 0.3 is 5.69 Å². The van der Waals surface area contributed by atoms with Crippen LogP contribution in [0.25, 0.3) is 0 Å². The van der Waals surface area contributed by atoms with Crippen LogP contribution in [0.2, 0.25) is 0 Å². The highest BCUT2D eigenvalue weighted by atomic mass is 35.5. The van der Waals surface area contributed by atoms with Gasteiger partial charge in [-0.05, 0) is 0 Å². The van der Waals surface area contributed by atoms with Crippen molar-refractivity contribution in [1.82, 2.24) is 9.55 Å². The van der Waals surface area contributed by atoms with E-state index in [1.54, 1.807) is 0 Å². The number of hydrogen-bond acceptors (Lipinski definition) is 6. The smallest absolute Gasteiger partial charge is 0.330 e. The second-order valence-corrected chi connectivity index (χ2v) is 4.84. The summed E-state index contributed by atoms with van der Waals surface area (Å²) in [5.41, 5.74) is -1.52. The molecule has 9 heteroatoms. The van der Waals surface area contributed by atoms with E-state index in [9.17, 15) is 19.8 Å². The highest BCUT2D eigenvalue weighted by molar-refractivity contribution is 6.18. The molecule has 0 spiro atoms. The van der Waals surface area contributed by atoms with Gasteiger partial charge in [0, 0.05) is 12.6 Å². The topological polar surface area (TPSA) is 125 Å². The quantitative estimate of drug-likeness (QED) is 0.499. The monoisotopic (exact) mass is 306 g/mol. The van der Waals surface area contributed by atoms with Gasteiger partial charge in [0.05, 0.1) is 30.3 Å². The van der Waals surface area contributed by atoms with Crippen LogP contribution in [0.15, 0.2) is 15.8 Å². The van der Waals surface area contributed by atoms with E-state index in [0.29, 0.717) is 0 Å². The molecule has 0 unspecified atom stereocenters. The van der Waals surface area contributed by atoms with E-state index in [0.717, 1.165) is 10.8 Å². The number of aromatic nitrogens is 2. The number of ether oxygens (including phenoxy) is 1. The number of hydrogen-bond donors (Lipinski definition) is 4. The summed E-state index contributed by atoms with van der Waals surface area (Å²) in [6.07, 6.45) is -2.50. The van der Waals surface area contributed by atoms with Crippen LogP contribution in [0.1, 0.15) is 24.3 Å². The molecule has 1 aromatic heterocycles. The number of aliphatic hydroxyl groups excluding tert-OH is 3. The van der Waals surface area contributed by atoms with Crippen molar-refractivity contribution in [1.29, 1.82) is 0 Å². The van der Waals surface area contributed by atoms with Crippen LogP contribution in [-0.2, 0) is 4.74 Å². The minimum atomic E-state index is -1.22. The van der Waals surface area contributed by atoms with Crippen molar-refractivity contribution < 1.29 is 20.1 Å². The fourth-order valence-electron chi connectivity index (χ4n) is 2.09. The Balaban J connectivity index is 2.38. The van der Waals surface area contributed by atoms with Gasteiger partial charge in [-0.2, -0.15) is 0 Å². The lowest BCUT2D eigenvalue weighted by molar-refractivity contribution is -0.0461. The molecular formula is C11H15ClN2O6. The van der Waals surface area contributed by atoms with Crippen LogP contribution in [0.4, 0.5) is 0 Å². The molecule has 0 bridgehead atoms. The predicted octanol–water partition coefficient (Wildman–Crippen LogP) is -1.55. The molecule has 20 heavy (non-hydrogen) atoms. The zero-order valence-electron chi connectivity index (χ0n) is 10.4. The highest BCUT2D eigenvalue weighted by Gasteiger charge is 2.35. The maximum absolute atomic E-state index is 11.8. The van der Waals surface area contributed by atoms with E-state index in [1.165, 1.54) is 0 Å². The highest BCUT2D eigenvalue weighted by Crippen LogP contribution is 2.27. The number of aromatic amines is 1. The summed E-state index contributed by atoms with van der Waals surface area (Å²) >= 11 is 5.48. The van der Waals surface area contributed by atoms with Gasteiger partial charge in [0.15, 0.2) is 0 Å². The van der Waals surface area contributed by atoms with E-state index >= 15 is 0 Å². The third-order valence-electron chi connectivity index (χ3n) is 3.19. The number of rotatable bonds is 4. The fraction of sp³-hybridized carbons (Fsp3) is 0.636. The lowest BCUT2D eigenvalue weighted by atomic mass is 10.2. The van der Waals surface area contributed by atoms with Gasteiger partial charge in [0.1, 0.15) is 12.3 Å². The number of nitrogens with one attached hydrogen (secondary N) is 1. The molecule has 4 N–H and O–H groups in total. The van der Waals surface area contributed by atoms with Gasteiger partial charge in [0.25, 0.3) is 5.56 Å². The Kier molecular flexibility index (Phi) is 4.61. The molecule has 0 aromatic carbocycles. The lowest BCUT2D eigenvalue weighted by Gasteiger charge is -2.16. The largest absolute Gasteiger partial charge is 0.394 e. The molecule has 1 saturated heterocycles. The Morgan fingerprint density at radius 3 is 2.80 bits per heavy atom. The lowest BCUT2D eigenvalue weighted by Crippen LogP contribution is -2.35. The maximum atomic E-state index is 11.8. The summed E-state index contributed by atoms with van der Waals surface area (Å²) in [4.78, 5) is 25.4. The van der Waals surface area contributed by atoms with Crippen LogP contribution in [0.5, 0.6) is 0 Å². The third kappa shape index (κ3) is 2.79. The first-order valence-corrected chi connectivity index (χ1v) is 6.55. The SMILES string of the molecule is O=c1[nH]c(=O)n([C@H]2C[C@H](O)[C@@H](CO)O2)cc1[C@H](O)CCl. The zero-order valence-corrected chi connectivity index (χ0v) is 11.2. The molecule has 2 heterocycles. The van der Waals surface area contributed by atoms with Crippen LogP contribution >= 0.6 is 11.6 Å². The van der Waals surface area contributed by atoms with Crippen molar-refractivity contribution in [3.05, 3.63) is 32.6 Å². The first-order chi connectivity index (χ1) is 9.47. The van der Waals surface area contributed by atoms with Crippen molar-refractivity contribution in [2.24, 2.45) is 0 Å². The Morgan fingerprint density at radius 1 is 1.55 bits per heavy atom. The van der Waals surface area contributed by atoms with Crippen molar-refractivity contribution >= 4 is 11.6 Å². The van der Waals surface area contributed by atoms with E-state index in [1.807, 2.05) is 0 Å². The first kappa shape index (κ1) is 15.2. The van der Waals surface area contributed by atoms with Gasteiger partial charge in [-0.25, -0.2) is 4.79 Å². The van der Waals surface area contributed by atoms with Crippen LogP contribution < -0.4 is 11.2 Å². The average molecular weight is 307 g/mol. The summed E-state index contributed by atoms with van der Waals surface area (Å²) in [5.74, 6) is -0.200. The molecule has 1 aliphatic heterocycles. The predicted molar refractivity (Wildman–Crippen MR) is 68.6 cm³/mol. The van der Waals surface area contributed by atoms with E-state index in [2.05, 4.69) is 4.98 Å². The van der Waals surface area contributed by atoms with E-state index in [-0.39, 0.29) is 24.5 Å². The number of H-pyrrole nitrogens is 1. The number of aliphatic hydroxyl groups is 3. The summed E-state index contributed by atoms with van der Waals surface area (Å²) in [6.45, 7) is -0.382. The second kappa shape index (κ2) is 6.06. The van der Waals surface area contributed by atoms with E-state index in [4.69, 9.17) is 21.4 Å². The summed E-state index contributed by atoms with van der Waals surface area (Å²) in [7, 11) is 0. The van der Waals surface area contributed by atoms with Gasteiger partial charge in [-0.15, -0.1) is 11.6 Å². The van der Waals surface area contributed by atoms with Crippen molar-refractivity contribution in [3.8, 4) is 0 Å². The molecular weight excluding hydrogens is 292 g/mol. The average Bonchev–Trinajstić information content (AvgIpc) is 2.79. The molecule has 2 rings (SSSR count).